The van der Waals surface area contributed by atoms with Crippen molar-refractivity contribution in [3.8, 4) is 5.75 Å². The number of aromatic nitrogens is 1. The first-order chi connectivity index (χ1) is 13.4. The smallest absolute Gasteiger partial charge is 0.256 e. The molecule has 1 aromatic heterocycles. The Morgan fingerprint density at radius 3 is 2.68 bits per heavy atom. The first kappa shape index (κ1) is 18.7. The van der Waals surface area contributed by atoms with Gasteiger partial charge in [0.2, 0.25) is 0 Å². The summed E-state index contributed by atoms with van der Waals surface area (Å²) in [6.07, 6.45) is -0.964. The van der Waals surface area contributed by atoms with Crippen molar-refractivity contribution in [2.75, 3.05) is 18.0 Å². The maximum Gasteiger partial charge on any atom is 0.256 e. The Labute approximate surface area is 165 Å². The lowest BCUT2D eigenvalue weighted by molar-refractivity contribution is 0.0730. The van der Waals surface area contributed by atoms with Crippen LogP contribution in [0, 0.1) is 6.92 Å². The van der Waals surface area contributed by atoms with E-state index in [-0.39, 0.29) is 18.5 Å². The molecule has 28 heavy (non-hydrogen) atoms. The van der Waals surface area contributed by atoms with E-state index in [1.807, 2.05) is 67.0 Å². The number of rotatable bonds is 4. The molecule has 0 N–H and O–H groups in total. The molecule has 2 aromatic rings. The number of aryl methyl sites for hydroxylation is 1. The van der Waals surface area contributed by atoms with Crippen molar-refractivity contribution in [1.29, 1.82) is 0 Å². The highest BCUT2D eigenvalue weighted by molar-refractivity contribution is 5.98. The Hall–Kier alpha value is -2.63. The standard InChI is InChI=1S/C22H26FN3O2/c1-14(2)26-13-19-17(22(26)27)11-15(3)21(24-19)25-10-9-20(18(23)12-25)28-16-7-5-4-6-8-16/h4-8,11,14,18,20H,9-10,12-13H2,1-3H3/t18-,20+/m0/s1. The third-order valence-electron chi connectivity index (χ3n) is 5.51. The summed E-state index contributed by atoms with van der Waals surface area (Å²) in [5.74, 6) is 1.51. The molecule has 3 heterocycles. The van der Waals surface area contributed by atoms with E-state index in [9.17, 15) is 9.18 Å². The molecule has 6 heteroatoms. The van der Waals surface area contributed by atoms with Crippen LogP contribution in [0.3, 0.4) is 0 Å². The number of fused-ring (bicyclic) bond motifs is 1. The molecule has 0 radical (unpaired) electrons. The van der Waals surface area contributed by atoms with Crippen LogP contribution in [0.1, 0.15) is 41.9 Å². The fourth-order valence-corrected chi connectivity index (χ4v) is 3.95. The summed E-state index contributed by atoms with van der Waals surface area (Å²) in [5.41, 5.74) is 2.37. The van der Waals surface area contributed by atoms with Crippen LogP contribution in [0.25, 0.3) is 0 Å². The number of carbonyl (C=O) groups is 1. The number of anilines is 1. The topological polar surface area (TPSA) is 45.7 Å². The molecule has 0 spiro atoms. The number of hydrogen-bond acceptors (Lipinski definition) is 4. The molecule has 2 aliphatic heterocycles. The molecule has 148 valence electrons. The number of carbonyl (C=O) groups excluding carboxylic acids is 1. The molecule has 0 saturated carbocycles. The minimum absolute atomic E-state index is 0.0329. The molecule has 1 aromatic carbocycles. The molecule has 1 fully saturated rings. The molecular formula is C22H26FN3O2. The number of pyridine rings is 1. The predicted molar refractivity (Wildman–Crippen MR) is 107 cm³/mol. The van der Waals surface area contributed by atoms with Crippen molar-refractivity contribution >= 4 is 11.7 Å². The van der Waals surface area contributed by atoms with Gasteiger partial charge in [-0.05, 0) is 44.5 Å². The molecule has 2 atom stereocenters. The van der Waals surface area contributed by atoms with Gasteiger partial charge in [0, 0.05) is 19.0 Å². The maximum atomic E-state index is 14.8. The Bertz CT molecular complexity index is 872. The quantitative estimate of drug-likeness (QED) is 0.807. The van der Waals surface area contributed by atoms with Crippen LogP contribution in [0.15, 0.2) is 36.4 Å². The number of benzene rings is 1. The monoisotopic (exact) mass is 383 g/mol. The number of halogens is 1. The fourth-order valence-electron chi connectivity index (χ4n) is 3.95. The number of amides is 1. The normalized spacial score (nSPS) is 22.0. The molecule has 5 nitrogen and oxygen atoms in total. The van der Waals surface area contributed by atoms with Crippen molar-refractivity contribution in [3.05, 3.63) is 53.2 Å². The van der Waals surface area contributed by atoms with Crippen molar-refractivity contribution in [2.45, 2.75) is 52.1 Å². The summed E-state index contributed by atoms with van der Waals surface area (Å²) in [5, 5.41) is 0. The largest absolute Gasteiger partial charge is 0.487 e. The average Bonchev–Trinajstić information content (AvgIpc) is 3.00. The van der Waals surface area contributed by atoms with Gasteiger partial charge in [-0.2, -0.15) is 0 Å². The van der Waals surface area contributed by atoms with Crippen molar-refractivity contribution < 1.29 is 13.9 Å². The van der Waals surface area contributed by atoms with Gasteiger partial charge in [0.25, 0.3) is 5.91 Å². The fraction of sp³-hybridized carbons (Fsp3) is 0.455. The molecular weight excluding hydrogens is 357 g/mol. The lowest BCUT2D eigenvalue weighted by Crippen LogP contribution is -2.47. The second-order valence-electron chi connectivity index (χ2n) is 7.87. The minimum atomic E-state index is -1.10. The van der Waals surface area contributed by atoms with Gasteiger partial charge in [0.1, 0.15) is 17.7 Å². The van der Waals surface area contributed by atoms with Crippen molar-refractivity contribution in [2.24, 2.45) is 0 Å². The van der Waals surface area contributed by atoms with E-state index in [1.165, 1.54) is 0 Å². The average molecular weight is 383 g/mol. The molecule has 0 unspecified atom stereocenters. The Balaban J connectivity index is 1.49. The molecule has 4 rings (SSSR count). The van der Waals surface area contributed by atoms with Gasteiger partial charge in [0.05, 0.1) is 24.3 Å². The molecule has 1 saturated heterocycles. The van der Waals surface area contributed by atoms with Crippen molar-refractivity contribution in [3.63, 3.8) is 0 Å². The number of hydrogen-bond donors (Lipinski definition) is 0. The summed E-state index contributed by atoms with van der Waals surface area (Å²) < 4.78 is 20.7. The van der Waals surface area contributed by atoms with E-state index in [0.717, 1.165) is 17.1 Å². The maximum absolute atomic E-state index is 14.8. The lowest BCUT2D eigenvalue weighted by atomic mass is 10.0. The zero-order chi connectivity index (χ0) is 19.8. The van der Waals surface area contributed by atoms with Crippen LogP contribution < -0.4 is 9.64 Å². The van der Waals surface area contributed by atoms with Gasteiger partial charge in [-0.1, -0.05) is 18.2 Å². The summed E-state index contributed by atoms with van der Waals surface area (Å²) in [6, 6.07) is 11.4. The lowest BCUT2D eigenvalue weighted by Gasteiger charge is -2.36. The highest BCUT2D eigenvalue weighted by atomic mass is 19.1. The number of ether oxygens (including phenoxy) is 1. The summed E-state index contributed by atoms with van der Waals surface area (Å²) in [6.45, 7) is 7.38. The molecule has 0 bridgehead atoms. The first-order valence-electron chi connectivity index (χ1n) is 9.86. The third kappa shape index (κ3) is 3.43. The van der Waals surface area contributed by atoms with Crippen LogP contribution in [0.4, 0.5) is 10.2 Å². The molecule has 0 aliphatic carbocycles. The van der Waals surface area contributed by atoms with Crippen LogP contribution >= 0.6 is 0 Å². The van der Waals surface area contributed by atoms with Gasteiger partial charge in [0.15, 0.2) is 6.17 Å². The molecule has 2 aliphatic rings. The van der Waals surface area contributed by atoms with E-state index in [4.69, 9.17) is 9.72 Å². The second kappa shape index (κ2) is 7.41. The minimum Gasteiger partial charge on any atom is -0.487 e. The number of para-hydroxylation sites is 1. The zero-order valence-electron chi connectivity index (χ0n) is 16.6. The number of piperidine rings is 1. The van der Waals surface area contributed by atoms with Crippen LogP contribution in [-0.4, -0.2) is 47.2 Å². The Kier molecular flexibility index (Phi) is 4.96. The SMILES string of the molecule is Cc1cc2c(nc1N1CC[C@@H](Oc3ccccc3)[C@@H](F)C1)CN(C(C)C)C2=O. The second-order valence-corrected chi connectivity index (χ2v) is 7.87. The summed E-state index contributed by atoms with van der Waals surface area (Å²) >= 11 is 0. The van der Waals surface area contributed by atoms with Crippen LogP contribution in [-0.2, 0) is 6.54 Å². The number of alkyl halides is 1. The first-order valence-corrected chi connectivity index (χ1v) is 9.86. The van der Waals surface area contributed by atoms with E-state index in [0.29, 0.717) is 30.8 Å². The Morgan fingerprint density at radius 2 is 2.00 bits per heavy atom. The highest BCUT2D eigenvalue weighted by Crippen LogP contribution is 2.31. The van der Waals surface area contributed by atoms with Gasteiger partial charge < -0.3 is 14.5 Å². The number of nitrogens with zero attached hydrogens (tertiary/aromatic N) is 3. The predicted octanol–water partition coefficient (Wildman–Crippen LogP) is 3.75. The van der Waals surface area contributed by atoms with E-state index < -0.39 is 12.3 Å². The highest BCUT2D eigenvalue weighted by Gasteiger charge is 2.35. The van der Waals surface area contributed by atoms with E-state index in [1.54, 1.807) is 0 Å². The molecule has 1 amide bonds. The van der Waals surface area contributed by atoms with E-state index >= 15 is 0 Å². The third-order valence-corrected chi connectivity index (χ3v) is 5.51. The van der Waals surface area contributed by atoms with Crippen LogP contribution in [0.2, 0.25) is 0 Å². The van der Waals surface area contributed by atoms with Crippen molar-refractivity contribution in [1.82, 2.24) is 9.88 Å². The van der Waals surface area contributed by atoms with Gasteiger partial charge >= 0.3 is 0 Å². The van der Waals surface area contributed by atoms with Crippen LogP contribution in [0.5, 0.6) is 5.75 Å². The van der Waals surface area contributed by atoms with Gasteiger partial charge in [-0.25, -0.2) is 9.37 Å². The summed E-state index contributed by atoms with van der Waals surface area (Å²) in [4.78, 5) is 21.1. The van der Waals surface area contributed by atoms with Gasteiger partial charge in [-0.15, -0.1) is 0 Å². The zero-order valence-corrected chi connectivity index (χ0v) is 16.6. The van der Waals surface area contributed by atoms with E-state index in [2.05, 4.69) is 0 Å². The van der Waals surface area contributed by atoms with Gasteiger partial charge in [-0.3, -0.25) is 4.79 Å². The Morgan fingerprint density at radius 1 is 1.25 bits per heavy atom. The summed E-state index contributed by atoms with van der Waals surface area (Å²) in [7, 11) is 0.